The molecule has 0 aliphatic carbocycles. The third-order valence-electron chi connectivity index (χ3n) is 2.22. The Balaban J connectivity index is 2.41. The number of para-hydroxylation sites is 1. The zero-order valence-corrected chi connectivity index (χ0v) is 10.8. The maximum Gasteiger partial charge on any atom is 0.264 e. The zero-order chi connectivity index (χ0) is 13.2. The monoisotopic (exact) mass is 279 g/mol. The van der Waals surface area contributed by atoms with Crippen LogP contribution in [0.1, 0.15) is 5.56 Å². The van der Waals surface area contributed by atoms with Crippen LogP contribution in [0, 0.1) is 11.3 Å². The number of nitrogens with two attached hydrogens (primary N) is 1. The molecule has 1 aromatic heterocycles. The summed E-state index contributed by atoms with van der Waals surface area (Å²) in [5, 5.41) is 10.8. The molecule has 0 aliphatic heterocycles. The van der Waals surface area contributed by atoms with Crippen molar-refractivity contribution in [2.45, 2.75) is 4.90 Å². The second-order valence-electron chi connectivity index (χ2n) is 3.42. The summed E-state index contributed by atoms with van der Waals surface area (Å²) < 4.78 is 26.6. The minimum absolute atomic E-state index is 0.00212. The maximum atomic E-state index is 12.1. The van der Waals surface area contributed by atoms with Crippen molar-refractivity contribution in [1.29, 1.82) is 5.26 Å². The van der Waals surface area contributed by atoms with Crippen molar-refractivity contribution in [2.75, 3.05) is 10.5 Å². The number of nitrogen functional groups attached to an aromatic ring is 1. The highest BCUT2D eigenvalue weighted by Gasteiger charge is 2.19. The maximum absolute atomic E-state index is 12.1. The molecule has 1 aromatic carbocycles. The Morgan fingerprint density at radius 3 is 2.67 bits per heavy atom. The van der Waals surface area contributed by atoms with Crippen LogP contribution in [-0.4, -0.2) is 8.42 Å². The van der Waals surface area contributed by atoms with Gasteiger partial charge in [-0.1, -0.05) is 12.1 Å². The smallest absolute Gasteiger partial charge is 0.264 e. The number of thiophene rings is 1. The van der Waals surface area contributed by atoms with Crippen LogP contribution in [0.3, 0.4) is 0 Å². The molecule has 0 aliphatic rings. The highest BCUT2D eigenvalue weighted by atomic mass is 32.2. The molecule has 2 aromatic rings. The molecule has 7 heteroatoms. The van der Waals surface area contributed by atoms with Gasteiger partial charge in [0.1, 0.15) is 16.0 Å². The Bertz CT molecular complexity index is 714. The standard InChI is InChI=1S/C11H9N3O2S2/c12-7-8-5-6-17-11(8)14-18(15,16)10-4-2-1-3-9(10)13/h1-6,14H,13H2. The van der Waals surface area contributed by atoms with E-state index in [1.54, 1.807) is 23.6 Å². The van der Waals surface area contributed by atoms with Crippen LogP contribution >= 0.6 is 11.3 Å². The first-order valence-corrected chi connectivity index (χ1v) is 7.26. The minimum Gasteiger partial charge on any atom is -0.398 e. The molecule has 92 valence electrons. The number of rotatable bonds is 3. The van der Waals surface area contributed by atoms with Crippen LogP contribution in [0.15, 0.2) is 40.6 Å². The van der Waals surface area contributed by atoms with E-state index in [0.717, 1.165) is 11.3 Å². The third kappa shape index (κ3) is 2.30. The number of nitriles is 1. The second kappa shape index (κ2) is 4.68. The molecular formula is C11H9N3O2S2. The van der Waals surface area contributed by atoms with Gasteiger partial charge in [0.05, 0.1) is 11.3 Å². The topological polar surface area (TPSA) is 96.0 Å². The molecule has 5 nitrogen and oxygen atoms in total. The van der Waals surface area contributed by atoms with Gasteiger partial charge in [0.2, 0.25) is 0 Å². The van der Waals surface area contributed by atoms with Crippen LogP contribution in [0.5, 0.6) is 0 Å². The summed E-state index contributed by atoms with van der Waals surface area (Å²) in [5.41, 5.74) is 6.08. The summed E-state index contributed by atoms with van der Waals surface area (Å²) >= 11 is 1.15. The fraction of sp³-hybridized carbons (Fsp3) is 0. The number of anilines is 2. The van der Waals surface area contributed by atoms with E-state index >= 15 is 0 Å². The van der Waals surface area contributed by atoms with Crippen molar-refractivity contribution in [3.63, 3.8) is 0 Å². The van der Waals surface area contributed by atoms with Crippen molar-refractivity contribution in [1.82, 2.24) is 0 Å². The molecule has 0 spiro atoms. The number of hydrogen-bond acceptors (Lipinski definition) is 5. The van der Waals surface area contributed by atoms with Crippen LogP contribution in [-0.2, 0) is 10.0 Å². The Morgan fingerprint density at radius 1 is 1.28 bits per heavy atom. The van der Waals surface area contributed by atoms with Gasteiger partial charge in [0.25, 0.3) is 10.0 Å². The lowest BCUT2D eigenvalue weighted by atomic mass is 10.3. The molecule has 1 heterocycles. The molecular weight excluding hydrogens is 270 g/mol. The molecule has 3 N–H and O–H groups in total. The van der Waals surface area contributed by atoms with Gasteiger partial charge in [-0.2, -0.15) is 5.26 Å². The molecule has 0 amide bonds. The summed E-state index contributed by atoms with van der Waals surface area (Å²) in [6.07, 6.45) is 0. The quantitative estimate of drug-likeness (QED) is 0.840. The van der Waals surface area contributed by atoms with E-state index in [-0.39, 0.29) is 16.1 Å². The second-order valence-corrected chi connectivity index (χ2v) is 5.99. The van der Waals surface area contributed by atoms with Gasteiger partial charge in [-0.15, -0.1) is 11.3 Å². The lowest BCUT2D eigenvalue weighted by molar-refractivity contribution is 0.601. The summed E-state index contributed by atoms with van der Waals surface area (Å²) in [7, 11) is -3.76. The fourth-order valence-corrected chi connectivity index (χ4v) is 3.58. The highest BCUT2D eigenvalue weighted by molar-refractivity contribution is 7.93. The molecule has 0 fully saturated rings. The number of sulfonamides is 1. The van der Waals surface area contributed by atoms with E-state index < -0.39 is 10.0 Å². The van der Waals surface area contributed by atoms with Crippen molar-refractivity contribution in [2.24, 2.45) is 0 Å². The first-order chi connectivity index (χ1) is 8.54. The number of nitrogens with zero attached hydrogens (tertiary/aromatic N) is 1. The van der Waals surface area contributed by atoms with Gasteiger partial charge in [-0.3, -0.25) is 4.72 Å². The Morgan fingerprint density at radius 2 is 2.00 bits per heavy atom. The Kier molecular flexibility index (Phi) is 3.23. The molecule has 0 radical (unpaired) electrons. The van der Waals surface area contributed by atoms with Crippen molar-refractivity contribution < 1.29 is 8.42 Å². The van der Waals surface area contributed by atoms with Crippen LogP contribution in [0.25, 0.3) is 0 Å². The number of nitrogens with one attached hydrogen (secondary N) is 1. The number of benzene rings is 1. The van der Waals surface area contributed by atoms with Gasteiger partial charge in [0, 0.05) is 0 Å². The first kappa shape index (κ1) is 12.4. The predicted molar refractivity (Wildman–Crippen MR) is 70.7 cm³/mol. The first-order valence-electron chi connectivity index (χ1n) is 4.89. The SMILES string of the molecule is N#Cc1ccsc1NS(=O)(=O)c1ccccc1N. The van der Waals surface area contributed by atoms with Crippen molar-refractivity contribution in [3.8, 4) is 6.07 Å². The van der Waals surface area contributed by atoms with Gasteiger partial charge in [0.15, 0.2) is 0 Å². The molecule has 0 bridgehead atoms. The van der Waals surface area contributed by atoms with Gasteiger partial charge in [-0.25, -0.2) is 8.42 Å². The predicted octanol–water partition coefficient (Wildman–Crippen LogP) is 2.00. The van der Waals surface area contributed by atoms with E-state index in [1.165, 1.54) is 12.1 Å². The number of hydrogen-bond donors (Lipinski definition) is 2. The minimum atomic E-state index is -3.76. The summed E-state index contributed by atoms with van der Waals surface area (Å²) in [6, 6.07) is 9.63. The van der Waals surface area contributed by atoms with Crippen LogP contribution in [0.4, 0.5) is 10.7 Å². The van der Waals surface area contributed by atoms with Crippen LogP contribution < -0.4 is 10.5 Å². The fourth-order valence-electron chi connectivity index (χ4n) is 1.38. The van der Waals surface area contributed by atoms with Gasteiger partial charge < -0.3 is 5.73 Å². The highest BCUT2D eigenvalue weighted by Crippen LogP contribution is 2.27. The zero-order valence-electron chi connectivity index (χ0n) is 9.12. The van der Waals surface area contributed by atoms with E-state index in [9.17, 15) is 8.42 Å². The summed E-state index contributed by atoms with van der Waals surface area (Å²) in [5.74, 6) is 0. The lowest BCUT2D eigenvalue weighted by Gasteiger charge is -2.08. The normalized spacial score (nSPS) is 10.8. The Labute approximate surface area is 109 Å². The lowest BCUT2D eigenvalue weighted by Crippen LogP contribution is -2.14. The largest absolute Gasteiger partial charge is 0.398 e. The van der Waals surface area contributed by atoms with Gasteiger partial charge >= 0.3 is 0 Å². The molecule has 0 atom stereocenters. The molecule has 0 saturated carbocycles. The van der Waals surface area contributed by atoms with Gasteiger partial charge in [-0.05, 0) is 23.6 Å². The molecule has 2 rings (SSSR count). The molecule has 0 saturated heterocycles. The van der Waals surface area contributed by atoms with E-state index in [2.05, 4.69) is 4.72 Å². The average molecular weight is 279 g/mol. The van der Waals surface area contributed by atoms with Crippen molar-refractivity contribution in [3.05, 3.63) is 41.3 Å². The summed E-state index contributed by atoms with van der Waals surface area (Å²) in [6.45, 7) is 0. The Hall–Kier alpha value is -2.04. The van der Waals surface area contributed by atoms with Crippen LogP contribution in [0.2, 0.25) is 0 Å². The summed E-state index contributed by atoms with van der Waals surface area (Å²) in [4.78, 5) is 0.00212. The molecule has 18 heavy (non-hydrogen) atoms. The van der Waals surface area contributed by atoms with E-state index in [0.29, 0.717) is 5.00 Å². The van der Waals surface area contributed by atoms with E-state index in [1.807, 2.05) is 6.07 Å². The third-order valence-corrected chi connectivity index (χ3v) is 4.60. The molecule has 0 unspecified atom stereocenters. The van der Waals surface area contributed by atoms with Crippen molar-refractivity contribution >= 4 is 32.0 Å². The average Bonchev–Trinajstić information content (AvgIpc) is 2.76. The van der Waals surface area contributed by atoms with E-state index in [4.69, 9.17) is 11.0 Å².